The zero-order valence-electron chi connectivity index (χ0n) is 20.1. The summed E-state index contributed by atoms with van der Waals surface area (Å²) in [5, 5.41) is 5.82. The Balaban J connectivity index is 0.00000274. The number of piperidine rings is 1. The molecule has 1 aliphatic carbocycles. The van der Waals surface area contributed by atoms with Crippen LogP contribution in [0.2, 0.25) is 0 Å². The molecule has 0 radical (unpaired) electrons. The Morgan fingerprint density at radius 3 is 2.58 bits per heavy atom. The van der Waals surface area contributed by atoms with Gasteiger partial charge in [0.15, 0.2) is 0 Å². The summed E-state index contributed by atoms with van der Waals surface area (Å²) in [4.78, 5) is 21.4. The number of benzene rings is 1. The first kappa shape index (κ1) is 22.5. The van der Waals surface area contributed by atoms with E-state index in [2.05, 4.69) is 43.6 Å². The van der Waals surface area contributed by atoms with Gasteiger partial charge in [0.2, 0.25) is 5.91 Å². The molecule has 1 unspecified atom stereocenters. The third kappa shape index (κ3) is 5.11. The first-order valence-corrected chi connectivity index (χ1v) is 13.0. The van der Waals surface area contributed by atoms with Crippen molar-refractivity contribution in [1.82, 2.24) is 20.4 Å². The van der Waals surface area contributed by atoms with E-state index in [0.29, 0.717) is 5.92 Å². The van der Waals surface area contributed by atoms with Gasteiger partial charge in [0.25, 0.3) is 0 Å². The first-order valence-electron chi connectivity index (χ1n) is 13.0. The lowest BCUT2D eigenvalue weighted by Crippen LogP contribution is -2.44. The number of carbonyl (C=O) groups is 1. The topological polar surface area (TPSA) is 60.0 Å². The Morgan fingerprint density at radius 1 is 1.03 bits per heavy atom. The van der Waals surface area contributed by atoms with Crippen molar-refractivity contribution in [3.63, 3.8) is 0 Å². The third-order valence-corrected chi connectivity index (χ3v) is 8.20. The third-order valence-electron chi connectivity index (χ3n) is 8.20. The normalized spacial score (nSPS) is 25.1. The number of nitrogens with one attached hydrogen (secondary N) is 2. The van der Waals surface area contributed by atoms with E-state index in [1.807, 2.05) is 6.20 Å². The largest absolute Gasteiger partial charge is 0.372 e. The van der Waals surface area contributed by atoms with Crippen LogP contribution in [0.4, 0.5) is 0 Å². The summed E-state index contributed by atoms with van der Waals surface area (Å²) >= 11 is 0. The molecule has 0 spiro atoms. The maximum atomic E-state index is 11.8. The molecule has 1 aromatic carbocycles. The van der Waals surface area contributed by atoms with Crippen LogP contribution >= 0.6 is 0 Å². The molecular weight excluding hydrogens is 410 g/mol. The van der Waals surface area contributed by atoms with Crippen LogP contribution in [0.3, 0.4) is 0 Å². The number of amides is 1. The number of carbonyl (C=O) groups excluding carboxylic acids is 1. The van der Waals surface area contributed by atoms with Gasteiger partial charge in [0.1, 0.15) is 11.9 Å². The highest BCUT2D eigenvalue weighted by Gasteiger charge is 2.26. The van der Waals surface area contributed by atoms with E-state index >= 15 is 0 Å². The Hall–Kier alpha value is -2.34. The van der Waals surface area contributed by atoms with Gasteiger partial charge in [-0.2, -0.15) is 0 Å². The number of likely N-dealkylation sites (N-methyl/N-ethyl adjacent to an activating group) is 1. The summed E-state index contributed by atoms with van der Waals surface area (Å²) < 4.78 is 0. The second kappa shape index (κ2) is 10.3. The SMILES string of the molecule is CNC(=O)C1C=NC(N2CCC(c3ccc4c(c3)CCCN(C3CCCC3)CC4)CC2)=CN1.[HH]. The van der Waals surface area contributed by atoms with Crippen molar-refractivity contribution in [2.24, 2.45) is 4.99 Å². The van der Waals surface area contributed by atoms with Gasteiger partial charge < -0.3 is 20.4 Å². The summed E-state index contributed by atoms with van der Waals surface area (Å²) in [6, 6.07) is 7.86. The van der Waals surface area contributed by atoms with Gasteiger partial charge in [-0.1, -0.05) is 31.0 Å². The lowest BCUT2D eigenvalue weighted by atomic mass is 9.86. The van der Waals surface area contributed by atoms with Crippen LogP contribution in [0, 0.1) is 0 Å². The summed E-state index contributed by atoms with van der Waals surface area (Å²) in [7, 11) is 1.65. The molecular formula is C27H41N5O. The number of hydrogen-bond acceptors (Lipinski definition) is 5. The fourth-order valence-electron chi connectivity index (χ4n) is 6.17. The Kier molecular flexibility index (Phi) is 7.00. The van der Waals surface area contributed by atoms with E-state index in [9.17, 15) is 4.79 Å². The molecule has 0 bridgehead atoms. The van der Waals surface area contributed by atoms with Gasteiger partial charge in [-0.25, -0.2) is 4.99 Å². The minimum atomic E-state index is -0.370. The van der Waals surface area contributed by atoms with Crippen LogP contribution in [0.15, 0.2) is 35.2 Å². The van der Waals surface area contributed by atoms with Crippen molar-refractivity contribution in [2.75, 3.05) is 33.2 Å². The summed E-state index contributed by atoms with van der Waals surface area (Å²) in [5.41, 5.74) is 4.71. The molecule has 6 heteroatoms. The average Bonchev–Trinajstić information content (AvgIpc) is 3.39. The summed E-state index contributed by atoms with van der Waals surface area (Å²) in [5.74, 6) is 1.52. The molecule has 33 heavy (non-hydrogen) atoms. The van der Waals surface area contributed by atoms with Crippen LogP contribution in [-0.2, 0) is 17.6 Å². The molecule has 6 nitrogen and oxygen atoms in total. The van der Waals surface area contributed by atoms with Gasteiger partial charge in [-0.05, 0) is 74.1 Å². The fourth-order valence-corrected chi connectivity index (χ4v) is 6.17. The Bertz CT molecular complexity index is 902. The van der Waals surface area contributed by atoms with Crippen LogP contribution in [0.5, 0.6) is 0 Å². The lowest BCUT2D eigenvalue weighted by molar-refractivity contribution is -0.120. The molecule has 180 valence electrons. The van der Waals surface area contributed by atoms with E-state index < -0.39 is 0 Å². The van der Waals surface area contributed by atoms with Gasteiger partial charge in [0.05, 0.1) is 0 Å². The maximum absolute atomic E-state index is 11.8. The first-order chi connectivity index (χ1) is 16.2. The van der Waals surface area contributed by atoms with Gasteiger partial charge in [0, 0.05) is 46.6 Å². The van der Waals surface area contributed by atoms with Crippen molar-refractivity contribution in [3.8, 4) is 0 Å². The highest BCUT2D eigenvalue weighted by molar-refractivity contribution is 5.98. The molecule has 2 N–H and O–H groups in total. The van der Waals surface area contributed by atoms with Crippen LogP contribution < -0.4 is 10.6 Å². The number of aliphatic imine (C=N–C) groups is 1. The molecule has 1 atom stereocenters. The van der Waals surface area contributed by atoms with E-state index in [0.717, 1.165) is 37.8 Å². The molecule has 3 heterocycles. The summed E-state index contributed by atoms with van der Waals surface area (Å²) in [6.45, 7) is 4.53. The zero-order chi connectivity index (χ0) is 22.6. The maximum Gasteiger partial charge on any atom is 0.247 e. The van der Waals surface area contributed by atoms with Crippen molar-refractivity contribution >= 4 is 12.1 Å². The van der Waals surface area contributed by atoms with Crippen molar-refractivity contribution in [2.45, 2.75) is 75.8 Å². The molecule has 2 fully saturated rings. The highest BCUT2D eigenvalue weighted by atomic mass is 16.2. The molecule has 0 aromatic heterocycles. The molecule has 4 aliphatic rings. The number of nitrogens with zero attached hydrogens (tertiary/aromatic N) is 3. The number of hydrogen-bond donors (Lipinski definition) is 2. The molecule has 1 amide bonds. The minimum Gasteiger partial charge on any atom is -0.372 e. The smallest absolute Gasteiger partial charge is 0.247 e. The van der Waals surface area contributed by atoms with E-state index in [1.165, 1.54) is 63.6 Å². The number of fused-ring (bicyclic) bond motifs is 1. The van der Waals surface area contributed by atoms with Gasteiger partial charge >= 0.3 is 0 Å². The zero-order valence-corrected chi connectivity index (χ0v) is 20.1. The standard InChI is InChI=1S/C27H39N5O.H2/c1-28-27(33)25-18-30-26(19-29-25)32-15-11-21(12-16-32)23-9-8-20-10-14-31(24-6-2-3-7-24)13-4-5-22(20)17-23;/h8-9,17-19,21,24-25,29H,2-7,10-16H2,1H3,(H,28,33);1H. The van der Waals surface area contributed by atoms with E-state index in [4.69, 9.17) is 0 Å². The highest BCUT2D eigenvalue weighted by Crippen LogP contribution is 2.32. The van der Waals surface area contributed by atoms with Crippen LogP contribution in [0.25, 0.3) is 0 Å². The molecule has 3 aliphatic heterocycles. The Labute approximate surface area is 200 Å². The van der Waals surface area contributed by atoms with Gasteiger partial charge in [-0.15, -0.1) is 0 Å². The predicted molar refractivity (Wildman–Crippen MR) is 136 cm³/mol. The monoisotopic (exact) mass is 451 g/mol. The second-order valence-corrected chi connectivity index (χ2v) is 10.2. The minimum absolute atomic E-state index is 0. The molecule has 1 aromatic rings. The van der Waals surface area contributed by atoms with Gasteiger partial charge in [-0.3, -0.25) is 4.79 Å². The fraction of sp³-hybridized carbons (Fsp3) is 0.630. The lowest BCUT2D eigenvalue weighted by Gasteiger charge is -2.35. The van der Waals surface area contributed by atoms with Crippen molar-refractivity contribution in [1.29, 1.82) is 0 Å². The Morgan fingerprint density at radius 2 is 1.85 bits per heavy atom. The average molecular weight is 452 g/mol. The predicted octanol–water partition coefficient (Wildman–Crippen LogP) is 3.43. The van der Waals surface area contributed by atoms with E-state index in [1.54, 1.807) is 24.4 Å². The van der Waals surface area contributed by atoms with Crippen molar-refractivity contribution < 1.29 is 6.22 Å². The van der Waals surface area contributed by atoms with Crippen LogP contribution in [0.1, 0.15) is 69.0 Å². The number of rotatable bonds is 4. The summed E-state index contributed by atoms with van der Waals surface area (Å²) in [6.07, 6.45) is 15.3. The number of aryl methyl sites for hydroxylation is 1. The quantitative estimate of drug-likeness (QED) is 0.736. The second-order valence-electron chi connectivity index (χ2n) is 10.2. The number of likely N-dealkylation sites (tertiary alicyclic amines) is 1. The molecule has 1 saturated carbocycles. The van der Waals surface area contributed by atoms with Crippen molar-refractivity contribution in [3.05, 3.63) is 46.9 Å². The van der Waals surface area contributed by atoms with E-state index in [-0.39, 0.29) is 13.4 Å². The molecule has 1 saturated heterocycles. The van der Waals surface area contributed by atoms with Crippen LogP contribution in [-0.4, -0.2) is 67.2 Å². The molecule has 5 rings (SSSR count).